The van der Waals surface area contributed by atoms with Gasteiger partial charge in [0, 0.05) is 0 Å². The van der Waals surface area contributed by atoms with Crippen LogP contribution in [0.25, 0.3) is 20.4 Å². The highest BCUT2D eigenvalue weighted by Gasteiger charge is 2.17. The zero-order valence-electron chi connectivity index (χ0n) is 11.7. The van der Waals surface area contributed by atoms with Crippen molar-refractivity contribution in [3.05, 3.63) is 48.5 Å². The number of benzene rings is 2. The van der Waals surface area contributed by atoms with Crippen molar-refractivity contribution < 1.29 is 8.42 Å². The van der Waals surface area contributed by atoms with Gasteiger partial charge in [-0.2, -0.15) is 0 Å². The van der Waals surface area contributed by atoms with Crippen LogP contribution in [0.4, 0.5) is 0 Å². The normalized spacial score (nSPS) is 14.3. The fourth-order valence-corrected chi connectivity index (χ4v) is 7.62. The van der Waals surface area contributed by atoms with Crippen LogP contribution in [-0.2, 0) is 21.6 Å². The van der Waals surface area contributed by atoms with Crippen molar-refractivity contribution in [2.75, 3.05) is 5.08 Å². The molecule has 0 aliphatic carbocycles. The predicted molar refractivity (Wildman–Crippen MR) is 96.9 cm³/mol. The van der Waals surface area contributed by atoms with Gasteiger partial charge in [0.05, 0.1) is 42.0 Å². The molecular weight excluding hydrogens is 368 g/mol. The minimum absolute atomic E-state index is 0.0274. The summed E-state index contributed by atoms with van der Waals surface area (Å²) in [5, 5.41) is 0.0274. The lowest BCUT2D eigenvalue weighted by molar-refractivity contribution is 0.679. The lowest BCUT2D eigenvalue weighted by Crippen LogP contribution is -2.04. The van der Waals surface area contributed by atoms with Crippen LogP contribution in [0.2, 0.25) is 0 Å². The lowest BCUT2D eigenvalue weighted by Gasteiger charge is -1.96. The molecule has 0 fully saturated rings. The average Bonchev–Trinajstić information content (AvgIpc) is 3.18. The molecule has 2 heterocycles. The second-order valence-corrected chi connectivity index (χ2v) is 10.4. The molecule has 4 nitrogen and oxygen atoms in total. The number of hydrogen-bond donors (Lipinski definition) is 0. The van der Waals surface area contributed by atoms with Gasteiger partial charge >= 0.3 is 0 Å². The lowest BCUT2D eigenvalue weighted by atomic mass is 10.3. The van der Waals surface area contributed by atoms with Crippen LogP contribution >= 0.6 is 22.7 Å². The summed E-state index contributed by atoms with van der Waals surface area (Å²) in [7, 11) is -2.79. The molecule has 4 aromatic rings. The third-order valence-corrected chi connectivity index (χ3v) is 9.10. The molecule has 0 N–H and O–H groups in total. The Labute approximate surface area is 145 Å². The molecule has 23 heavy (non-hydrogen) atoms. The molecule has 0 bridgehead atoms. The zero-order chi connectivity index (χ0) is 15.8. The van der Waals surface area contributed by atoms with Crippen molar-refractivity contribution in [3.63, 3.8) is 0 Å². The van der Waals surface area contributed by atoms with E-state index in [-0.39, 0.29) is 5.08 Å². The van der Waals surface area contributed by atoms with Gasteiger partial charge in [-0.25, -0.2) is 9.97 Å². The summed E-state index contributed by atoms with van der Waals surface area (Å²) >= 11 is 2.77. The maximum absolute atomic E-state index is 12.5. The highest BCUT2D eigenvalue weighted by atomic mass is 32.3. The number of para-hydroxylation sites is 2. The Balaban J connectivity index is 1.58. The van der Waals surface area contributed by atoms with E-state index in [2.05, 4.69) is 9.97 Å². The molecule has 116 valence electrons. The van der Waals surface area contributed by atoms with Crippen LogP contribution < -0.4 is 0 Å². The van der Waals surface area contributed by atoms with Gasteiger partial charge in [-0.1, -0.05) is 24.3 Å². The fraction of sp³-hybridized carbons (Fsp3) is 0.0667. The number of aromatic nitrogens is 2. The summed E-state index contributed by atoms with van der Waals surface area (Å²) < 4.78 is 27.9. The molecule has 8 heteroatoms. The Morgan fingerprint density at radius 2 is 1.17 bits per heavy atom. The SMILES string of the molecule is O=S(CS(=O)c1nc2ccccc2s1)c1nc2ccccc2s1. The van der Waals surface area contributed by atoms with E-state index >= 15 is 0 Å². The molecule has 0 saturated carbocycles. The summed E-state index contributed by atoms with van der Waals surface area (Å²) in [5.74, 6) is 0. The topological polar surface area (TPSA) is 59.9 Å². The van der Waals surface area contributed by atoms with E-state index < -0.39 is 21.6 Å². The zero-order valence-corrected chi connectivity index (χ0v) is 14.9. The molecule has 2 aromatic carbocycles. The number of nitrogens with zero attached hydrogens (tertiary/aromatic N) is 2. The van der Waals surface area contributed by atoms with Crippen LogP contribution in [0.5, 0.6) is 0 Å². The number of fused-ring (bicyclic) bond motifs is 2. The number of rotatable bonds is 4. The quantitative estimate of drug-likeness (QED) is 0.542. The fourth-order valence-electron chi connectivity index (χ4n) is 2.09. The summed E-state index contributed by atoms with van der Waals surface area (Å²) in [4.78, 5) is 8.74. The number of thiazole rings is 2. The van der Waals surface area contributed by atoms with Crippen molar-refractivity contribution in [3.8, 4) is 0 Å². The standard InChI is InChI=1S/C15H10N2O2S4/c18-22(14-16-10-5-1-3-7-12(10)20-14)9-23(19)15-17-11-6-2-4-8-13(11)21-15/h1-8H,9H2. The van der Waals surface area contributed by atoms with Gasteiger partial charge < -0.3 is 0 Å². The van der Waals surface area contributed by atoms with E-state index in [1.807, 2.05) is 48.5 Å². The Kier molecular flexibility index (Phi) is 4.06. The van der Waals surface area contributed by atoms with Crippen molar-refractivity contribution in [2.24, 2.45) is 0 Å². The molecule has 0 spiro atoms. The van der Waals surface area contributed by atoms with Crippen LogP contribution in [0, 0.1) is 0 Å². The van der Waals surface area contributed by atoms with Crippen LogP contribution in [0.15, 0.2) is 57.2 Å². The van der Waals surface area contributed by atoms with E-state index in [1.165, 1.54) is 22.7 Å². The second-order valence-electron chi connectivity index (χ2n) is 4.70. The molecule has 2 unspecified atom stereocenters. The molecule has 0 saturated heterocycles. The number of hydrogen-bond acceptors (Lipinski definition) is 6. The molecular formula is C15H10N2O2S4. The molecule has 0 aliphatic heterocycles. The van der Waals surface area contributed by atoms with Crippen molar-refractivity contribution in [2.45, 2.75) is 8.68 Å². The summed E-state index contributed by atoms with van der Waals surface area (Å²) in [6, 6.07) is 15.3. The highest BCUT2D eigenvalue weighted by molar-refractivity contribution is 8.03. The molecule has 0 amide bonds. The summed E-state index contributed by atoms with van der Waals surface area (Å²) in [6.07, 6.45) is 0. The van der Waals surface area contributed by atoms with Gasteiger partial charge in [0.25, 0.3) is 0 Å². The molecule has 4 rings (SSSR count). The predicted octanol–water partition coefficient (Wildman–Crippen LogP) is 3.78. The molecule has 0 aliphatic rings. The maximum atomic E-state index is 12.5. The Morgan fingerprint density at radius 1 is 0.739 bits per heavy atom. The molecule has 0 radical (unpaired) electrons. The van der Waals surface area contributed by atoms with E-state index in [9.17, 15) is 8.42 Å². The minimum atomic E-state index is -1.39. The van der Waals surface area contributed by atoms with Gasteiger partial charge in [0.1, 0.15) is 5.08 Å². The van der Waals surface area contributed by atoms with Crippen molar-refractivity contribution in [1.82, 2.24) is 9.97 Å². The summed E-state index contributed by atoms with van der Waals surface area (Å²) in [6.45, 7) is 0. The molecule has 2 atom stereocenters. The van der Waals surface area contributed by atoms with Gasteiger partial charge in [-0.15, -0.1) is 22.7 Å². The third-order valence-electron chi connectivity index (χ3n) is 3.15. The van der Waals surface area contributed by atoms with Gasteiger partial charge in [0.2, 0.25) is 0 Å². The molecule has 2 aromatic heterocycles. The summed E-state index contributed by atoms with van der Waals surface area (Å²) in [5.41, 5.74) is 1.65. The highest BCUT2D eigenvalue weighted by Crippen LogP contribution is 2.27. The monoisotopic (exact) mass is 378 g/mol. The Bertz CT molecular complexity index is 904. The maximum Gasteiger partial charge on any atom is 0.182 e. The van der Waals surface area contributed by atoms with Gasteiger partial charge in [-0.05, 0) is 24.3 Å². The Morgan fingerprint density at radius 3 is 1.61 bits per heavy atom. The van der Waals surface area contributed by atoms with Crippen molar-refractivity contribution in [1.29, 1.82) is 0 Å². The van der Waals surface area contributed by atoms with E-state index in [4.69, 9.17) is 0 Å². The van der Waals surface area contributed by atoms with Gasteiger partial charge in [0.15, 0.2) is 8.68 Å². The van der Waals surface area contributed by atoms with Crippen LogP contribution in [0.1, 0.15) is 0 Å². The van der Waals surface area contributed by atoms with Gasteiger partial charge in [-0.3, -0.25) is 8.42 Å². The Hall–Kier alpha value is -1.48. The smallest absolute Gasteiger partial charge is 0.182 e. The largest absolute Gasteiger partial charge is 0.251 e. The average molecular weight is 379 g/mol. The van der Waals surface area contributed by atoms with E-state index in [0.717, 1.165) is 20.4 Å². The first-order valence-corrected chi connectivity index (χ1v) is 11.0. The van der Waals surface area contributed by atoms with Crippen LogP contribution in [0.3, 0.4) is 0 Å². The van der Waals surface area contributed by atoms with E-state index in [1.54, 1.807) is 0 Å². The first kappa shape index (κ1) is 15.1. The van der Waals surface area contributed by atoms with Crippen LogP contribution in [-0.4, -0.2) is 23.5 Å². The first-order chi connectivity index (χ1) is 11.2. The van der Waals surface area contributed by atoms with Crippen molar-refractivity contribution >= 4 is 64.7 Å². The van der Waals surface area contributed by atoms with E-state index in [0.29, 0.717) is 8.68 Å². The second kappa shape index (κ2) is 6.20. The third kappa shape index (κ3) is 2.99. The minimum Gasteiger partial charge on any atom is -0.251 e. The first-order valence-electron chi connectivity index (χ1n) is 6.68.